The van der Waals surface area contributed by atoms with Gasteiger partial charge in [-0.2, -0.15) is 0 Å². The molecule has 0 fully saturated rings. The van der Waals surface area contributed by atoms with Crippen LogP contribution in [0, 0.1) is 0 Å². The summed E-state index contributed by atoms with van der Waals surface area (Å²) in [7, 11) is 0. The lowest BCUT2D eigenvalue weighted by Crippen LogP contribution is -2.36. The summed E-state index contributed by atoms with van der Waals surface area (Å²) in [5, 5.41) is 3.89. The fourth-order valence-corrected chi connectivity index (χ4v) is 2.03. The smallest absolute Gasteiger partial charge is 0.260 e. The maximum atomic E-state index is 11.7. The van der Waals surface area contributed by atoms with E-state index in [9.17, 15) is 9.59 Å². The van der Waals surface area contributed by atoms with E-state index in [4.69, 9.17) is 5.73 Å². The van der Waals surface area contributed by atoms with Crippen LogP contribution >= 0.6 is 0 Å². The molecule has 2 aromatic carbocycles. The lowest BCUT2D eigenvalue weighted by atomic mass is 9.94. The van der Waals surface area contributed by atoms with E-state index in [1.807, 2.05) is 24.3 Å². The molecule has 0 saturated carbocycles. The number of anilines is 1. The van der Waals surface area contributed by atoms with Crippen molar-refractivity contribution in [1.82, 2.24) is 5.32 Å². The summed E-state index contributed by atoms with van der Waals surface area (Å²) in [6.45, 7) is 0. The van der Waals surface area contributed by atoms with Crippen molar-refractivity contribution in [3.05, 3.63) is 41.5 Å². The van der Waals surface area contributed by atoms with Crippen LogP contribution < -0.4 is 11.1 Å². The quantitative estimate of drug-likeness (QED) is 0.510. The van der Waals surface area contributed by atoms with E-state index in [-0.39, 0.29) is 5.69 Å². The van der Waals surface area contributed by atoms with Gasteiger partial charge in [0.05, 0.1) is 16.8 Å². The van der Waals surface area contributed by atoms with Crippen molar-refractivity contribution in [1.29, 1.82) is 0 Å². The standard InChI is InChI=1S/C12H8N2O2/c13-10-8-5-6-3-1-2-4-7(6)9(10)12(16)14-11(8)15/h1-5H,(H3,13,14,15,16). The molecule has 2 bridgehead atoms. The minimum atomic E-state index is -0.430. The van der Waals surface area contributed by atoms with Gasteiger partial charge >= 0.3 is 0 Å². The zero-order valence-electron chi connectivity index (χ0n) is 8.28. The average molecular weight is 212 g/mol. The molecule has 0 atom stereocenters. The van der Waals surface area contributed by atoms with Gasteiger partial charge < -0.3 is 5.73 Å². The number of carbonyl (C=O) groups excluding carboxylic acids is 2. The van der Waals surface area contributed by atoms with Crippen molar-refractivity contribution < 1.29 is 9.59 Å². The first-order valence-corrected chi connectivity index (χ1v) is 4.85. The Bertz CT molecular complexity index is 647. The first-order chi connectivity index (χ1) is 7.68. The van der Waals surface area contributed by atoms with Crippen LogP contribution in [-0.4, -0.2) is 11.8 Å². The highest BCUT2D eigenvalue weighted by molar-refractivity contribution is 6.25. The number of nitrogens with one attached hydrogen (secondary N) is 1. The minimum absolute atomic E-state index is 0.271. The first-order valence-electron chi connectivity index (χ1n) is 4.85. The zero-order chi connectivity index (χ0) is 11.3. The largest absolute Gasteiger partial charge is 0.397 e. The predicted molar refractivity (Wildman–Crippen MR) is 60.2 cm³/mol. The summed E-state index contributed by atoms with van der Waals surface area (Å²) in [4.78, 5) is 23.2. The van der Waals surface area contributed by atoms with Gasteiger partial charge in [0.1, 0.15) is 0 Å². The number of fused-ring (bicyclic) bond motifs is 4. The highest BCUT2D eigenvalue weighted by Gasteiger charge is 2.27. The van der Waals surface area contributed by atoms with Gasteiger partial charge in [0.15, 0.2) is 0 Å². The van der Waals surface area contributed by atoms with E-state index in [2.05, 4.69) is 5.32 Å². The SMILES string of the molecule is Nc1c2cc3ccccc3c1C(=O)NC2=O. The summed E-state index contributed by atoms with van der Waals surface area (Å²) >= 11 is 0. The van der Waals surface area contributed by atoms with Crippen LogP contribution in [-0.2, 0) is 0 Å². The fraction of sp³-hybridized carbons (Fsp3) is 0. The van der Waals surface area contributed by atoms with Gasteiger partial charge in [-0.15, -0.1) is 0 Å². The number of hydrogen-bond donors (Lipinski definition) is 2. The highest BCUT2D eigenvalue weighted by Crippen LogP contribution is 2.30. The van der Waals surface area contributed by atoms with Crippen LogP contribution in [0.3, 0.4) is 0 Å². The van der Waals surface area contributed by atoms with Gasteiger partial charge in [-0.3, -0.25) is 14.9 Å². The van der Waals surface area contributed by atoms with Crippen molar-refractivity contribution in [3.63, 3.8) is 0 Å². The van der Waals surface area contributed by atoms with E-state index >= 15 is 0 Å². The van der Waals surface area contributed by atoms with Crippen molar-refractivity contribution in [3.8, 4) is 0 Å². The molecule has 16 heavy (non-hydrogen) atoms. The molecule has 3 rings (SSSR count). The van der Waals surface area contributed by atoms with E-state index in [0.29, 0.717) is 11.1 Å². The molecule has 1 aliphatic rings. The Balaban J connectivity index is 2.55. The van der Waals surface area contributed by atoms with Crippen LogP contribution in [0.25, 0.3) is 10.8 Å². The number of nitrogens with two attached hydrogens (primary N) is 1. The molecule has 4 heteroatoms. The molecule has 0 spiro atoms. The molecule has 1 aliphatic heterocycles. The van der Waals surface area contributed by atoms with Crippen molar-refractivity contribution in [2.75, 3.05) is 5.73 Å². The van der Waals surface area contributed by atoms with Crippen LogP contribution in [0.5, 0.6) is 0 Å². The molecule has 4 nitrogen and oxygen atoms in total. The Morgan fingerprint density at radius 2 is 1.81 bits per heavy atom. The van der Waals surface area contributed by atoms with Crippen LogP contribution in [0.1, 0.15) is 20.7 Å². The lowest BCUT2D eigenvalue weighted by molar-refractivity contribution is 0.0844. The fourth-order valence-electron chi connectivity index (χ4n) is 2.03. The predicted octanol–water partition coefficient (Wildman–Crippen LogP) is 1.31. The molecular formula is C12H8N2O2. The third-order valence-electron chi connectivity index (χ3n) is 2.79. The first kappa shape index (κ1) is 8.91. The highest BCUT2D eigenvalue weighted by atomic mass is 16.2. The van der Waals surface area contributed by atoms with Gasteiger partial charge in [0.2, 0.25) is 0 Å². The Labute approximate surface area is 91.0 Å². The Morgan fingerprint density at radius 1 is 1.06 bits per heavy atom. The maximum Gasteiger partial charge on any atom is 0.260 e. The molecule has 0 aromatic heterocycles. The van der Waals surface area contributed by atoms with E-state index in [0.717, 1.165) is 10.8 Å². The summed E-state index contributed by atoms with van der Waals surface area (Å²) in [6.07, 6.45) is 0. The van der Waals surface area contributed by atoms with Gasteiger partial charge in [-0.25, -0.2) is 0 Å². The molecular weight excluding hydrogens is 204 g/mol. The second-order valence-electron chi connectivity index (χ2n) is 3.72. The lowest BCUT2D eigenvalue weighted by Gasteiger charge is -2.18. The summed E-state index contributed by atoms with van der Waals surface area (Å²) in [5.74, 6) is -0.854. The third-order valence-corrected chi connectivity index (χ3v) is 2.79. The Hall–Kier alpha value is -2.36. The summed E-state index contributed by atoms with van der Waals surface area (Å²) in [5.41, 5.74) is 6.85. The third kappa shape index (κ3) is 0.982. The number of carbonyl (C=O) groups is 2. The number of rotatable bonds is 0. The van der Waals surface area contributed by atoms with Gasteiger partial charge in [-0.1, -0.05) is 24.3 Å². The molecule has 3 N–H and O–H groups in total. The van der Waals surface area contributed by atoms with E-state index in [1.165, 1.54) is 0 Å². The molecule has 1 heterocycles. The summed E-state index contributed by atoms with van der Waals surface area (Å²) in [6, 6.07) is 9.07. The van der Waals surface area contributed by atoms with Gasteiger partial charge in [0.25, 0.3) is 11.8 Å². The minimum Gasteiger partial charge on any atom is -0.397 e. The Morgan fingerprint density at radius 3 is 2.62 bits per heavy atom. The van der Waals surface area contributed by atoms with Crippen molar-refractivity contribution in [2.24, 2.45) is 0 Å². The van der Waals surface area contributed by atoms with Crippen LogP contribution in [0.15, 0.2) is 30.3 Å². The number of benzene rings is 2. The number of nitrogen functional groups attached to an aromatic ring is 1. The monoisotopic (exact) mass is 212 g/mol. The summed E-state index contributed by atoms with van der Waals surface area (Å²) < 4.78 is 0. The molecule has 2 aromatic rings. The van der Waals surface area contributed by atoms with Crippen LogP contribution in [0.4, 0.5) is 5.69 Å². The van der Waals surface area contributed by atoms with Gasteiger partial charge in [-0.05, 0) is 16.8 Å². The molecule has 0 unspecified atom stereocenters. The average Bonchev–Trinajstić information content (AvgIpc) is 2.25. The second kappa shape index (κ2) is 2.82. The molecule has 0 aliphatic carbocycles. The zero-order valence-corrected chi connectivity index (χ0v) is 8.28. The van der Waals surface area contributed by atoms with E-state index < -0.39 is 11.8 Å². The number of amides is 2. The number of hydrogen-bond acceptors (Lipinski definition) is 3. The number of imide groups is 1. The maximum absolute atomic E-state index is 11.7. The normalized spacial score (nSPS) is 14.0. The molecule has 0 saturated heterocycles. The van der Waals surface area contributed by atoms with E-state index in [1.54, 1.807) is 6.07 Å². The van der Waals surface area contributed by atoms with Crippen molar-refractivity contribution in [2.45, 2.75) is 0 Å². The van der Waals surface area contributed by atoms with Crippen LogP contribution in [0.2, 0.25) is 0 Å². The molecule has 78 valence electrons. The van der Waals surface area contributed by atoms with Crippen molar-refractivity contribution >= 4 is 28.3 Å². The molecule has 0 radical (unpaired) electrons. The Kier molecular flexibility index (Phi) is 1.57. The molecule has 2 amide bonds. The topological polar surface area (TPSA) is 72.2 Å². The van der Waals surface area contributed by atoms with Gasteiger partial charge in [0, 0.05) is 0 Å². The second-order valence-corrected chi connectivity index (χ2v) is 3.72.